The third-order valence-electron chi connectivity index (χ3n) is 4.91. The number of anilines is 1. The van der Waals surface area contributed by atoms with Crippen molar-refractivity contribution >= 4 is 17.6 Å². The summed E-state index contributed by atoms with van der Waals surface area (Å²) in [6, 6.07) is 4.41. The van der Waals surface area contributed by atoms with Gasteiger partial charge in [0.25, 0.3) is 11.9 Å². The normalized spacial score (nSPS) is 25.7. The van der Waals surface area contributed by atoms with E-state index in [4.69, 9.17) is 15.2 Å². The Labute approximate surface area is 154 Å². The first kappa shape index (κ1) is 17.2. The summed E-state index contributed by atoms with van der Waals surface area (Å²) in [5.74, 6) is -0.522. The molecule has 0 spiro atoms. The number of rotatable bonds is 4. The molecule has 2 heterocycles. The van der Waals surface area contributed by atoms with Crippen LogP contribution < -0.4 is 15.8 Å². The van der Waals surface area contributed by atoms with E-state index in [1.54, 1.807) is 6.07 Å². The molecule has 1 unspecified atom stereocenters. The lowest BCUT2D eigenvalue weighted by Gasteiger charge is -2.30. The quantitative estimate of drug-likeness (QED) is 0.848. The van der Waals surface area contributed by atoms with Gasteiger partial charge in [0.1, 0.15) is 17.6 Å². The number of hydrogen-bond acceptors (Lipinski definition) is 7. The van der Waals surface area contributed by atoms with Crippen molar-refractivity contribution < 1.29 is 18.7 Å². The van der Waals surface area contributed by atoms with Crippen molar-refractivity contribution in [1.29, 1.82) is 0 Å². The molecule has 2 aromatic rings. The van der Waals surface area contributed by atoms with Crippen molar-refractivity contribution in [3.05, 3.63) is 47.7 Å². The number of carbonyl (C=O) groups is 1. The van der Waals surface area contributed by atoms with E-state index < -0.39 is 17.3 Å². The number of benzene rings is 1. The number of ether oxygens (including phenoxy) is 2. The van der Waals surface area contributed by atoms with Gasteiger partial charge in [0.15, 0.2) is 0 Å². The highest BCUT2D eigenvalue weighted by molar-refractivity contribution is 6.02. The van der Waals surface area contributed by atoms with Crippen LogP contribution in [0.5, 0.6) is 5.88 Å². The zero-order valence-electron chi connectivity index (χ0n) is 14.8. The van der Waals surface area contributed by atoms with Crippen LogP contribution in [0.3, 0.4) is 0 Å². The number of carbonyl (C=O) groups excluding carboxylic acids is 1. The molecule has 9 heteroatoms. The van der Waals surface area contributed by atoms with Gasteiger partial charge in [-0.25, -0.2) is 19.4 Å². The van der Waals surface area contributed by atoms with Gasteiger partial charge in [-0.3, -0.25) is 4.79 Å². The predicted molar refractivity (Wildman–Crippen MR) is 94.9 cm³/mol. The van der Waals surface area contributed by atoms with Crippen LogP contribution in [0.4, 0.5) is 10.1 Å². The number of methoxy groups -OCH3 is 1. The molecule has 0 saturated heterocycles. The lowest BCUT2D eigenvalue weighted by atomic mass is 9.86. The molecule has 4 rings (SSSR count). The van der Waals surface area contributed by atoms with Gasteiger partial charge in [0, 0.05) is 17.2 Å². The summed E-state index contributed by atoms with van der Waals surface area (Å²) in [6.45, 7) is 1.83. The first-order valence-electron chi connectivity index (χ1n) is 8.40. The van der Waals surface area contributed by atoms with Gasteiger partial charge in [-0.1, -0.05) is 0 Å². The second-order valence-electron chi connectivity index (χ2n) is 6.69. The molecule has 3 N–H and O–H groups in total. The Morgan fingerprint density at radius 1 is 1.41 bits per heavy atom. The lowest BCUT2D eigenvalue weighted by Crippen LogP contribution is -2.35. The van der Waals surface area contributed by atoms with Gasteiger partial charge in [0.2, 0.25) is 5.88 Å². The van der Waals surface area contributed by atoms with Gasteiger partial charge in [-0.05, 0) is 31.5 Å². The third-order valence-corrected chi connectivity index (χ3v) is 4.91. The molecule has 0 bridgehead atoms. The molecule has 140 valence electrons. The smallest absolute Gasteiger partial charge is 0.283 e. The van der Waals surface area contributed by atoms with Gasteiger partial charge in [-0.15, -0.1) is 0 Å². The Morgan fingerprint density at radius 3 is 2.93 bits per heavy atom. The first-order chi connectivity index (χ1) is 12.9. The average Bonchev–Trinajstić information content (AvgIpc) is 3.43. The second kappa shape index (κ2) is 6.19. The molecule has 1 saturated carbocycles. The molecular formula is C18H18FN5O3. The van der Waals surface area contributed by atoms with Crippen molar-refractivity contribution in [1.82, 2.24) is 9.97 Å². The topological polar surface area (TPSA) is 112 Å². The van der Waals surface area contributed by atoms with Crippen LogP contribution in [-0.4, -0.2) is 35.1 Å². The van der Waals surface area contributed by atoms with Crippen LogP contribution >= 0.6 is 0 Å². The molecule has 1 aliphatic carbocycles. The molecule has 0 radical (unpaired) electrons. The first-order valence-corrected chi connectivity index (χ1v) is 8.40. The molecule has 1 fully saturated rings. The monoisotopic (exact) mass is 371 g/mol. The standard InChI is InChI=1S/C18H18FN5O3/c1-18(11-6-14(11)27-17(20)24-18)10-5-9(3-4-12(10)19)23-16(25)13-7-22-15(26-2)8-21-13/h3-5,7-8,11,14H,6H2,1-2H3,(H2,20,24)(H,23,25)/t11-,14?,18+/m1/s1. The largest absolute Gasteiger partial charge is 0.480 e. The van der Waals surface area contributed by atoms with Crippen LogP contribution in [0.1, 0.15) is 29.4 Å². The predicted octanol–water partition coefficient (Wildman–Crippen LogP) is 1.83. The highest BCUT2D eigenvalue weighted by atomic mass is 19.1. The lowest BCUT2D eigenvalue weighted by molar-refractivity contribution is 0.102. The third kappa shape index (κ3) is 3.05. The number of nitrogens with two attached hydrogens (primary N) is 1. The van der Waals surface area contributed by atoms with Crippen LogP contribution in [-0.2, 0) is 10.3 Å². The molecular weight excluding hydrogens is 353 g/mol. The van der Waals surface area contributed by atoms with Crippen molar-refractivity contribution in [2.45, 2.75) is 25.0 Å². The zero-order valence-corrected chi connectivity index (χ0v) is 14.8. The number of aliphatic imine (C=N–C) groups is 1. The Balaban J connectivity index is 1.61. The zero-order chi connectivity index (χ0) is 19.2. The maximum atomic E-state index is 14.6. The number of aromatic nitrogens is 2. The minimum atomic E-state index is -0.836. The molecule has 3 atom stereocenters. The number of fused-ring (bicyclic) bond motifs is 1. The number of nitrogens with zero attached hydrogens (tertiary/aromatic N) is 3. The van der Waals surface area contributed by atoms with E-state index in [9.17, 15) is 9.18 Å². The molecule has 27 heavy (non-hydrogen) atoms. The van der Waals surface area contributed by atoms with Crippen LogP contribution in [0.2, 0.25) is 0 Å². The Morgan fingerprint density at radius 2 is 2.22 bits per heavy atom. The minimum absolute atomic E-state index is 0.0419. The highest BCUT2D eigenvalue weighted by Crippen LogP contribution is 2.53. The summed E-state index contributed by atoms with van der Waals surface area (Å²) < 4.78 is 24.9. The van der Waals surface area contributed by atoms with Crippen molar-refractivity contribution in [2.24, 2.45) is 16.6 Å². The van der Waals surface area contributed by atoms with Gasteiger partial charge >= 0.3 is 0 Å². The average molecular weight is 371 g/mol. The Bertz CT molecular complexity index is 933. The van der Waals surface area contributed by atoms with Crippen LogP contribution in [0.25, 0.3) is 0 Å². The summed E-state index contributed by atoms with van der Waals surface area (Å²) in [5.41, 5.74) is 5.81. The number of nitrogens with one attached hydrogen (secondary N) is 1. The van der Waals surface area contributed by atoms with Gasteiger partial charge in [-0.2, -0.15) is 0 Å². The van der Waals surface area contributed by atoms with E-state index in [1.807, 2.05) is 6.92 Å². The van der Waals surface area contributed by atoms with Crippen molar-refractivity contribution in [3.63, 3.8) is 0 Å². The number of halogens is 1. The van der Waals surface area contributed by atoms with E-state index in [-0.39, 0.29) is 23.7 Å². The summed E-state index contributed by atoms with van der Waals surface area (Å²) >= 11 is 0. The molecule has 2 aliphatic rings. The molecule has 1 aliphatic heterocycles. The number of hydrogen-bond donors (Lipinski definition) is 2. The number of amides is 1. The minimum Gasteiger partial charge on any atom is -0.480 e. The Kier molecular flexibility index (Phi) is 3.94. The second-order valence-corrected chi connectivity index (χ2v) is 6.69. The van der Waals surface area contributed by atoms with Crippen molar-refractivity contribution in [3.8, 4) is 5.88 Å². The van der Waals surface area contributed by atoms with E-state index >= 15 is 0 Å². The summed E-state index contributed by atoms with van der Waals surface area (Å²) in [7, 11) is 1.46. The fourth-order valence-electron chi connectivity index (χ4n) is 3.37. The van der Waals surface area contributed by atoms with Crippen LogP contribution in [0, 0.1) is 11.7 Å². The maximum absolute atomic E-state index is 14.6. The SMILES string of the molecule is COc1cnc(C(=O)Nc2ccc(F)c([C@]3(C)N=C(N)OC4C[C@H]43)c2)cn1. The van der Waals surface area contributed by atoms with E-state index in [2.05, 4.69) is 20.3 Å². The summed E-state index contributed by atoms with van der Waals surface area (Å²) in [5, 5.41) is 2.70. The molecule has 1 aromatic heterocycles. The highest BCUT2D eigenvalue weighted by Gasteiger charge is 2.57. The van der Waals surface area contributed by atoms with Crippen LogP contribution in [0.15, 0.2) is 35.6 Å². The van der Waals surface area contributed by atoms with E-state index in [0.717, 1.165) is 6.42 Å². The maximum Gasteiger partial charge on any atom is 0.283 e. The fourth-order valence-corrected chi connectivity index (χ4v) is 3.37. The Hall–Kier alpha value is -3.23. The number of amidine groups is 1. The molecule has 1 amide bonds. The van der Waals surface area contributed by atoms with E-state index in [0.29, 0.717) is 17.1 Å². The molecule has 8 nitrogen and oxygen atoms in total. The molecule has 1 aromatic carbocycles. The van der Waals surface area contributed by atoms with E-state index in [1.165, 1.54) is 31.6 Å². The van der Waals surface area contributed by atoms with Gasteiger partial charge in [0.05, 0.1) is 25.0 Å². The summed E-state index contributed by atoms with van der Waals surface area (Å²) in [6.07, 6.45) is 3.37. The fraction of sp³-hybridized carbons (Fsp3) is 0.333. The summed E-state index contributed by atoms with van der Waals surface area (Å²) in [4.78, 5) is 24.7. The van der Waals surface area contributed by atoms with Crippen molar-refractivity contribution in [2.75, 3.05) is 12.4 Å². The van der Waals surface area contributed by atoms with Gasteiger partial charge < -0.3 is 20.5 Å².